The van der Waals surface area contributed by atoms with E-state index in [-0.39, 0.29) is 12.4 Å². The number of halogens is 1. The van der Waals surface area contributed by atoms with Crippen LogP contribution in [0.2, 0.25) is 0 Å². The van der Waals surface area contributed by atoms with Crippen molar-refractivity contribution in [2.24, 2.45) is 11.8 Å². The topological polar surface area (TPSA) is 58.2 Å². The fraction of sp³-hybridized carbons (Fsp3) is 1.00. The summed E-state index contributed by atoms with van der Waals surface area (Å²) in [7, 11) is -3.03. The Hall–Kier alpha value is 0.160. The van der Waals surface area contributed by atoms with E-state index in [4.69, 9.17) is 0 Å². The molecule has 17 heavy (non-hydrogen) atoms. The Balaban J connectivity index is 0.00000144. The van der Waals surface area contributed by atoms with E-state index < -0.39 is 10.0 Å². The van der Waals surface area contributed by atoms with Crippen molar-refractivity contribution in [1.82, 2.24) is 10.0 Å². The molecule has 1 saturated carbocycles. The molecule has 0 aromatic rings. The van der Waals surface area contributed by atoms with Crippen molar-refractivity contribution >= 4 is 22.4 Å². The van der Waals surface area contributed by atoms with Gasteiger partial charge in [0.05, 0.1) is 5.75 Å². The van der Waals surface area contributed by atoms with E-state index in [9.17, 15) is 8.42 Å². The standard InChI is InChI=1S/C11H22N2O2S.ClH/c14-16(15,9-10-3-1-2-4-10)13-8-11-5-6-12-7-11;/h10-13H,1-9H2;1H. The maximum Gasteiger partial charge on any atom is 0.211 e. The van der Waals surface area contributed by atoms with Gasteiger partial charge in [-0.25, -0.2) is 13.1 Å². The van der Waals surface area contributed by atoms with Gasteiger partial charge in [0.1, 0.15) is 0 Å². The molecule has 1 heterocycles. The van der Waals surface area contributed by atoms with E-state index in [2.05, 4.69) is 10.0 Å². The fourth-order valence-corrected chi connectivity index (χ4v) is 4.24. The molecule has 4 nitrogen and oxygen atoms in total. The molecule has 1 aliphatic carbocycles. The van der Waals surface area contributed by atoms with Gasteiger partial charge in [-0.15, -0.1) is 12.4 Å². The lowest BCUT2D eigenvalue weighted by Gasteiger charge is -2.13. The van der Waals surface area contributed by atoms with Crippen molar-refractivity contribution in [2.45, 2.75) is 32.1 Å². The number of hydrogen-bond acceptors (Lipinski definition) is 3. The first kappa shape index (κ1) is 15.2. The van der Waals surface area contributed by atoms with Gasteiger partial charge in [0.2, 0.25) is 10.0 Å². The lowest BCUT2D eigenvalue weighted by molar-refractivity contribution is 0.522. The maximum absolute atomic E-state index is 11.8. The van der Waals surface area contributed by atoms with Crippen molar-refractivity contribution in [3.63, 3.8) is 0 Å². The fourth-order valence-electron chi connectivity index (χ4n) is 2.68. The summed E-state index contributed by atoms with van der Waals surface area (Å²) >= 11 is 0. The van der Waals surface area contributed by atoms with Gasteiger partial charge in [-0.2, -0.15) is 0 Å². The monoisotopic (exact) mass is 282 g/mol. The van der Waals surface area contributed by atoms with Crippen LogP contribution in [0.3, 0.4) is 0 Å². The molecule has 0 aromatic carbocycles. The summed E-state index contributed by atoms with van der Waals surface area (Å²) in [5, 5.41) is 3.25. The van der Waals surface area contributed by atoms with E-state index in [1.807, 2.05) is 0 Å². The Morgan fingerprint density at radius 2 is 1.82 bits per heavy atom. The van der Waals surface area contributed by atoms with Crippen LogP contribution in [-0.4, -0.2) is 33.8 Å². The lowest BCUT2D eigenvalue weighted by atomic mass is 10.1. The van der Waals surface area contributed by atoms with Crippen LogP contribution in [0, 0.1) is 11.8 Å². The molecule has 6 heteroatoms. The quantitative estimate of drug-likeness (QED) is 0.795. The predicted octanol–water partition coefficient (Wildman–Crippen LogP) is 1.13. The number of nitrogens with one attached hydrogen (secondary N) is 2. The molecule has 0 aromatic heterocycles. The van der Waals surface area contributed by atoms with Crippen molar-refractivity contribution in [2.75, 3.05) is 25.4 Å². The van der Waals surface area contributed by atoms with E-state index >= 15 is 0 Å². The van der Waals surface area contributed by atoms with Gasteiger partial charge in [-0.1, -0.05) is 12.8 Å². The minimum absolute atomic E-state index is 0. The van der Waals surface area contributed by atoms with Crippen LogP contribution in [0.4, 0.5) is 0 Å². The zero-order chi connectivity index (χ0) is 11.4. The summed E-state index contributed by atoms with van der Waals surface area (Å²) in [5.41, 5.74) is 0. The van der Waals surface area contributed by atoms with Gasteiger partial charge < -0.3 is 5.32 Å². The number of sulfonamides is 1. The molecule has 1 aliphatic heterocycles. The first-order valence-corrected chi connectivity index (χ1v) is 7.99. The highest BCUT2D eigenvalue weighted by Gasteiger charge is 2.23. The van der Waals surface area contributed by atoms with Crippen molar-refractivity contribution < 1.29 is 8.42 Å². The third-order valence-electron chi connectivity index (χ3n) is 3.68. The Kier molecular flexibility index (Phi) is 6.20. The molecule has 0 radical (unpaired) electrons. The molecule has 2 rings (SSSR count). The molecule has 2 fully saturated rings. The van der Waals surface area contributed by atoms with E-state index in [0.29, 0.717) is 24.1 Å². The van der Waals surface area contributed by atoms with Crippen molar-refractivity contribution in [3.05, 3.63) is 0 Å². The second-order valence-electron chi connectivity index (χ2n) is 5.14. The van der Waals surface area contributed by atoms with Crippen molar-refractivity contribution in [1.29, 1.82) is 0 Å². The van der Waals surface area contributed by atoms with E-state index in [0.717, 1.165) is 32.4 Å². The van der Waals surface area contributed by atoms with Crippen LogP contribution < -0.4 is 10.0 Å². The minimum atomic E-state index is -3.03. The maximum atomic E-state index is 11.8. The smallest absolute Gasteiger partial charge is 0.211 e. The molecule has 0 amide bonds. The molecule has 2 N–H and O–H groups in total. The summed E-state index contributed by atoms with van der Waals surface area (Å²) in [6, 6.07) is 0. The summed E-state index contributed by atoms with van der Waals surface area (Å²) in [5.74, 6) is 1.23. The van der Waals surface area contributed by atoms with Gasteiger partial charge in [-0.05, 0) is 44.2 Å². The molecule has 1 unspecified atom stereocenters. The molecule has 102 valence electrons. The third-order valence-corrected chi connectivity index (χ3v) is 5.20. The molecular formula is C11H23ClN2O2S. The van der Waals surface area contributed by atoms with Crippen LogP contribution in [0.25, 0.3) is 0 Å². The third kappa shape index (κ3) is 5.12. The minimum Gasteiger partial charge on any atom is -0.316 e. The largest absolute Gasteiger partial charge is 0.316 e. The van der Waals surface area contributed by atoms with Gasteiger partial charge in [0.15, 0.2) is 0 Å². The van der Waals surface area contributed by atoms with Gasteiger partial charge in [0.25, 0.3) is 0 Å². The van der Waals surface area contributed by atoms with Crippen LogP contribution in [-0.2, 0) is 10.0 Å². The Labute approximate surface area is 110 Å². The normalized spacial score (nSPS) is 26.0. The van der Waals surface area contributed by atoms with Crippen LogP contribution >= 0.6 is 12.4 Å². The second kappa shape index (κ2) is 6.92. The van der Waals surface area contributed by atoms with Gasteiger partial charge >= 0.3 is 0 Å². The molecule has 2 aliphatic rings. The number of hydrogen-bond donors (Lipinski definition) is 2. The van der Waals surface area contributed by atoms with Crippen LogP contribution in [0.1, 0.15) is 32.1 Å². The van der Waals surface area contributed by atoms with Crippen molar-refractivity contribution in [3.8, 4) is 0 Å². The second-order valence-corrected chi connectivity index (χ2v) is 6.99. The highest BCUT2D eigenvalue weighted by Crippen LogP contribution is 2.25. The summed E-state index contributed by atoms with van der Waals surface area (Å²) in [4.78, 5) is 0. The van der Waals surface area contributed by atoms with E-state index in [1.54, 1.807) is 0 Å². The summed E-state index contributed by atoms with van der Waals surface area (Å²) in [6.07, 6.45) is 5.67. The van der Waals surface area contributed by atoms with Gasteiger partial charge in [0, 0.05) is 6.54 Å². The summed E-state index contributed by atoms with van der Waals surface area (Å²) < 4.78 is 26.4. The Morgan fingerprint density at radius 3 is 2.41 bits per heavy atom. The SMILES string of the molecule is Cl.O=S(=O)(CC1CCCC1)NCC1CCNC1. The zero-order valence-electron chi connectivity index (χ0n) is 10.2. The van der Waals surface area contributed by atoms with E-state index in [1.165, 1.54) is 12.8 Å². The molecule has 1 saturated heterocycles. The molecule has 0 bridgehead atoms. The first-order chi connectivity index (χ1) is 7.66. The zero-order valence-corrected chi connectivity index (χ0v) is 11.8. The van der Waals surface area contributed by atoms with Crippen LogP contribution in [0.5, 0.6) is 0 Å². The lowest BCUT2D eigenvalue weighted by Crippen LogP contribution is -2.33. The number of rotatable bonds is 5. The summed E-state index contributed by atoms with van der Waals surface area (Å²) in [6.45, 7) is 2.59. The Bertz CT molecular complexity index is 309. The average molecular weight is 283 g/mol. The van der Waals surface area contributed by atoms with Crippen LogP contribution in [0.15, 0.2) is 0 Å². The molecule has 1 atom stereocenters. The highest BCUT2D eigenvalue weighted by molar-refractivity contribution is 7.89. The average Bonchev–Trinajstić information content (AvgIpc) is 2.85. The van der Waals surface area contributed by atoms with Gasteiger partial charge in [-0.3, -0.25) is 0 Å². The predicted molar refractivity (Wildman–Crippen MR) is 72.0 cm³/mol. The highest BCUT2D eigenvalue weighted by atomic mass is 35.5. The molecular weight excluding hydrogens is 260 g/mol. The molecule has 0 spiro atoms. The first-order valence-electron chi connectivity index (χ1n) is 6.34. The Morgan fingerprint density at radius 1 is 1.12 bits per heavy atom.